The Bertz CT molecular complexity index is 180. The zero-order valence-electron chi connectivity index (χ0n) is 8.12. The van der Waals surface area contributed by atoms with Gasteiger partial charge in [0.05, 0.1) is 0 Å². The Morgan fingerprint density at radius 2 is 2.23 bits per heavy atom. The number of carbonyl (C=O) groups is 1. The molecule has 0 aromatic carbocycles. The van der Waals surface area contributed by atoms with E-state index in [1.165, 1.54) is 0 Å². The molecule has 76 valence electrons. The number of hydrogen-bond donors (Lipinski definition) is 2. The predicted octanol–water partition coefficient (Wildman–Crippen LogP) is 1.33. The second-order valence-corrected chi connectivity index (χ2v) is 5.32. The summed E-state index contributed by atoms with van der Waals surface area (Å²) in [6, 6.07) is 0.105. The van der Waals surface area contributed by atoms with Gasteiger partial charge in [0.1, 0.15) is 6.04 Å². The average Bonchev–Trinajstić information content (AvgIpc) is 2.80. The molecular formula is C9H17NO2S. The van der Waals surface area contributed by atoms with Gasteiger partial charge in [0.15, 0.2) is 0 Å². The van der Waals surface area contributed by atoms with Crippen molar-refractivity contribution < 1.29 is 9.90 Å². The maximum absolute atomic E-state index is 10.8. The molecule has 0 heterocycles. The highest BCUT2D eigenvalue weighted by Crippen LogP contribution is 2.21. The normalized spacial score (nSPS) is 19.0. The Hall–Kier alpha value is -0.220. The van der Waals surface area contributed by atoms with Crippen molar-refractivity contribution in [2.45, 2.75) is 44.0 Å². The third-order valence-electron chi connectivity index (χ3n) is 1.91. The van der Waals surface area contributed by atoms with Gasteiger partial charge in [-0.25, -0.2) is 0 Å². The Morgan fingerprint density at radius 3 is 2.62 bits per heavy atom. The molecule has 1 rings (SSSR count). The fourth-order valence-electron chi connectivity index (χ4n) is 1.01. The molecule has 0 radical (unpaired) electrons. The van der Waals surface area contributed by atoms with Crippen LogP contribution in [0.5, 0.6) is 0 Å². The first-order valence-electron chi connectivity index (χ1n) is 4.70. The van der Waals surface area contributed by atoms with Gasteiger partial charge in [-0.05, 0) is 18.1 Å². The minimum atomic E-state index is -0.722. The topological polar surface area (TPSA) is 49.3 Å². The molecule has 0 aromatic heterocycles. The van der Waals surface area contributed by atoms with E-state index in [9.17, 15) is 4.79 Å². The van der Waals surface area contributed by atoms with E-state index in [2.05, 4.69) is 19.2 Å². The number of rotatable bonds is 6. The molecule has 1 aliphatic carbocycles. The van der Waals surface area contributed by atoms with E-state index in [0.717, 1.165) is 12.8 Å². The highest BCUT2D eigenvalue weighted by atomic mass is 32.2. The lowest BCUT2D eigenvalue weighted by Crippen LogP contribution is -2.40. The maximum atomic E-state index is 10.8. The van der Waals surface area contributed by atoms with Crippen LogP contribution in [0.2, 0.25) is 0 Å². The van der Waals surface area contributed by atoms with E-state index < -0.39 is 5.97 Å². The summed E-state index contributed by atoms with van der Waals surface area (Å²) in [6.45, 7) is 4.17. The summed E-state index contributed by atoms with van der Waals surface area (Å²) >= 11 is 1.69. The van der Waals surface area contributed by atoms with Crippen LogP contribution in [-0.2, 0) is 4.79 Å². The summed E-state index contributed by atoms with van der Waals surface area (Å²) in [5, 5.41) is 12.5. The first-order chi connectivity index (χ1) is 6.09. The molecule has 0 aliphatic heterocycles. The van der Waals surface area contributed by atoms with Gasteiger partial charge in [0, 0.05) is 11.8 Å². The fraction of sp³-hybridized carbons (Fsp3) is 0.889. The van der Waals surface area contributed by atoms with Gasteiger partial charge < -0.3 is 10.4 Å². The molecule has 1 atom stereocenters. The monoisotopic (exact) mass is 203 g/mol. The molecule has 1 saturated carbocycles. The summed E-state index contributed by atoms with van der Waals surface area (Å²) in [5.74, 6) is -0.0520. The minimum Gasteiger partial charge on any atom is -0.480 e. The lowest BCUT2D eigenvalue weighted by atomic mass is 10.3. The van der Waals surface area contributed by atoms with Crippen LogP contribution in [0.25, 0.3) is 0 Å². The number of nitrogens with one attached hydrogen (secondary N) is 1. The molecule has 3 nitrogen and oxygen atoms in total. The van der Waals surface area contributed by atoms with Crippen molar-refractivity contribution in [3.63, 3.8) is 0 Å². The molecule has 2 N–H and O–H groups in total. The predicted molar refractivity (Wildman–Crippen MR) is 55.2 cm³/mol. The van der Waals surface area contributed by atoms with E-state index in [1.54, 1.807) is 11.8 Å². The van der Waals surface area contributed by atoms with E-state index in [0.29, 0.717) is 17.0 Å². The Balaban J connectivity index is 2.24. The van der Waals surface area contributed by atoms with Crippen LogP contribution < -0.4 is 5.32 Å². The summed E-state index contributed by atoms with van der Waals surface area (Å²) < 4.78 is 0. The van der Waals surface area contributed by atoms with E-state index in [4.69, 9.17) is 5.11 Å². The van der Waals surface area contributed by atoms with Crippen LogP contribution in [0.1, 0.15) is 26.7 Å². The van der Waals surface area contributed by atoms with Crippen molar-refractivity contribution in [1.29, 1.82) is 0 Å². The Morgan fingerprint density at radius 1 is 1.62 bits per heavy atom. The maximum Gasteiger partial charge on any atom is 0.321 e. The molecule has 0 saturated heterocycles. The molecule has 0 spiro atoms. The van der Waals surface area contributed by atoms with Crippen molar-refractivity contribution in [3.8, 4) is 0 Å². The third kappa shape index (κ3) is 4.52. The highest BCUT2D eigenvalue weighted by molar-refractivity contribution is 7.99. The van der Waals surface area contributed by atoms with Gasteiger partial charge in [-0.1, -0.05) is 13.8 Å². The lowest BCUT2D eigenvalue weighted by Gasteiger charge is -2.14. The first-order valence-corrected chi connectivity index (χ1v) is 5.75. The van der Waals surface area contributed by atoms with Gasteiger partial charge in [0.2, 0.25) is 0 Å². The van der Waals surface area contributed by atoms with Crippen molar-refractivity contribution in [2.75, 3.05) is 5.75 Å². The summed E-state index contributed by atoms with van der Waals surface area (Å²) in [4.78, 5) is 10.8. The van der Waals surface area contributed by atoms with E-state index >= 15 is 0 Å². The van der Waals surface area contributed by atoms with Crippen LogP contribution in [0, 0.1) is 0 Å². The van der Waals surface area contributed by atoms with Crippen LogP contribution in [-0.4, -0.2) is 34.2 Å². The molecule has 1 aliphatic rings. The SMILES string of the molecule is CC(C)SCC(NC1CC1)C(=O)O. The molecule has 4 heteroatoms. The lowest BCUT2D eigenvalue weighted by molar-refractivity contribution is -0.138. The zero-order chi connectivity index (χ0) is 9.84. The number of thioether (sulfide) groups is 1. The standard InChI is InChI=1S/C9H17NO2S/c1-6(2)13-5-8(9(11)12)10-7-3-4-7/h6-8,10H,3-5H2,1-2H3,(H,11,12). The molecule has 13 heavy (non-hydrogen) atoms. The van der Waals surface area contributed by atoms with Crippen molar-refractivity contribution >= 4 is 17.7 Å². The molecular weight excluding hydrogens is 186 g/mol. The first kappa shape index (κ1) is 10.9. The molecule has 1 unspecified atom stereocenters. The second-order valence-electron chi connectivity index (χ2n) is 3.71. The second kappa shape index (κ2) is 4.86. The minimum absolute atomic E-state index is 0.361. The van der Waals surface area contributed by atoms with Gasteiger partial charge in [0.25, 0.3) is 0 Å². The number of hydrogen-bond acceptors (Lipinski definition) is 3. The van der Waals surface area contributed by atoms with Crippen molar-refractivity contribution in [2.24, 2.45) is 0 Å². The highest BCUT2D eigenvalue weighted by Gasteiger charge is 2.28. The molecule has 0 aromatic rings. The Kier molecular flexibility index (Phi) is 4.06. The van der Waals surface area contributed by atoms with Gasteiger partial charge >= 0.3 is 5.97 Å². The molecule has 0 amide bonds. The van der Waals surface area contributed by atoms with Crippen LogP contribution >= 0.6 is 11.8 Å². The summed E-state index contributed by atoms with van der Waals surface area (Å²) in [5.41, 5.74) is 0. The summed E-state index contributed by atoms with van der Waals surface area (Å²) in [7, 11) is 0. The van der Waals surface area contributed by atoms with Crippen LogP contribution in [0.3, 0.4) is 0 Å². The van der Waals surface area contributed by atoms with Crippen molar-refractivity contribution in [1.82, 2.24) is 5.32 Å². The quantitative estimate of drug-likeness (QED) is 0.684. The zero-order valence-corrected chi connectivity index (χ0v) is 8.93. The number of carboxylic acids is 1. The smallest absolute Gasteiger partial charge is 0.321 e. The summed E-state index contributed by atoms with van der Waals surface area (Å²) in [6.07, 6.45) is 2.27. The van der Waals surface area contributed by atoms with Gasteiger partial charge in [-0.2, -0.15) is 11.8 Å². The average molecular weight is 203 g/mol. The number of carboxylic acid groups (broad SMARTS) is 1. The largest absolute Gasteiger partial charge is 0.480 e. The number of aliphatic carboxylic acids is 1. The van der Waals surface area contributed by atoms with Crippen molar-refractivity contribution in [3.05, 3.63) is 0 Å². The van der Waals surface area contributed by atoms with E-state index in [-0.39, 0.29) is 6.04 Å². The molecule has 0 bridgehead atoms. The van der Waals surface area contributed by atoms with Crippen LogP contribution in [0.15, 0.2) is 0 Å². The van der Waals surface area contributed by atoms with E-state index in [1.807, 2.05) is 0 Å². The van der Waals surface area contributed by atoms with Crippen LogP contribution in [0.4, 0.5) is 0 Å². The Labute approximate surface area is 83.3 Å². The molecule has 1 fully saturated rings. The third-order valence-corrected chi connectivity index (χ3v) is 3.10. The fourth-order valence-corrected chi connectivity index (χ4v) is 1.83. The van der Waals surface area contributed by atoms with Gasteiger partial charge in [-0.15, -0.1) is 0 Å². The van der Waals surface area contributed by atoms with Gasteiger partial charge in [-0.3, -0.25) is 4.79 Å².